The predicted octanol–water partition coefficient (Wildman–Crippen LogP) is 6.90. The van der Waals surface area contributed by atoms with Gasteiger partial charge in [-0.1, -0.05) is 72.8 Å². The Kier molecular flexibility index (Phi) is 9.41. The van der Waals surface area contributed by atoms with E-state index >= 15 is 0 Å². The summed E-state index contributed by atoms with van der Waals surface area (Å²) in [5, 5.41) is 1.71. The maximum atomic E-state index is 12.8. The summed E-state index contributed by atoms with van der Waals surface area (Å²) in [7, 11) is 1.63. The number of thioether (sulfide) groups is 2. The lowest BCUT2D eigenvalue weighted by molar-refractivity contribution is 0.394. The molecule has 0 bridgehead atoms. The summed E-state index contributed by atoms with van der Waals surface area (Å²) < 4.78 is 17.9. The number of pyridine rings is 2. The molecule has 0 atom stereocenters. The molecule has 0 saturated carbocycles. The fourth-order valence-electron chi connectivity index (χ4n) is 2.52. The van der Waals surface area contributed by atoms with Crippen LogP contribution in [0.5, 0.6) is 5.88 Å². The molecule has 0 aliphatic rings. The van der Waals surface area contributed by atoms with Crippen LogP contribution in [0.4, 0.5) is 4.39 Å². The van der Waals surface area contributed by atoms with Gasteiger partial charge >= 0.3 is 0 Å². The average Bonchev–Trinajstić information content (AvgIpc) is 2.83. The van der Waals surface area contributed by atoms with E-state index in [-0.39, 0.29) is 0 Å². The Labute approximate surface area is 191 Å². The summed E-state index contributed by atoms with van der Waals surface area (Å²) in [6, 6.07) is 31.1. The molecule has 4 rings (SSSR count). The van der Waals surface area contributed by atoms with Crippen LogP contribution in [0.15, 0.2) is 107 Å². The smallest absolute Gasteiger partial charge is 0.213 e. The maximum Gasteiger partial charge on any atom is 0.213 e. The van der Waals surface area contributed by atoms with Gasteiger partial charge in [-0.15, -0.1) is 23.5 Å². The lowest BCUT2D eigenvalue weighted by atomic mass is 10.2. The summed E-state index contributed by atoms with van der Waals surface area (Å²) in [5.41, 5.74) is 2.52. The van der Waals surface area contributed by atoms with Crippen LogP contribution in [0.25, 0.3) is 0 Å². The third-order valence-corrected chi connectivity index (χ3v) is 6.06. The number of rotatable bonds is 7. The molecular formula is C25H23FN2OS2. The topological polar surface area (TPSA) is 35.0 Å². The molecule has 0 spiro atoms. The predicted molar refractivity (Wildman–Crippen MR) is 127 cm³/mol. The number of halogens is 1. The van der Waals surface area contributed by atoms with E-state index in [0.717, 1.165) is 21.6 Å². The van der Waals surface area contributed by atoms with Crippen molar-refractivity contribution in [2.45, 2.75) is 21.6 Å². The van der Waals surface area contributed by atoms with E-state index in [1.807, 2.05) is 60.7 Å². The summed E-state index contributed by atoms with van der Waals surface area (Å²) in [6.45, 7) is 0. The van der Waals surface area contributed by atoms with Gasteiger partial charge in [-0.05, 0) is 29.3 Å². The lowest BCUT2D eigenvalue weighted by Gasteiger charge is -2.03. The van der Waals surface area contributed by atoms with E-state index in [9.17, 15) is 4.39 Å². The van der Waals surface area contributed by atoms with Crippen LogP contribution in [0, 0.1) is 5.95 Å². The van der Waals surface area contributed by atoms with E-state index < -0.39 is 5.95 Å². The molecule has 2 aromatic carbocycles. The number of ether oxygens (including phenoxy) is 1. The van der Waals surface area contributed by atoms with Crippen molar-refractivity contribution >= 4 is 23.5 Å². The maximum absolute atomic E-state index is 12.8. The molecule has 0 unspecified atom stereocenters. The van der Waals surface area contributed by atoms with Crippen LogP contribution >= 0.6 is 23.5 Å². The van der Waals surface area contributed by atoms with Crippen LogP contribution in [0.1, 0.15) is 11.1 Å². The van der Waals surface area contributed by atoms with Crippen molar-refractivity contribution in [2.24, 2.45) is 0 Å². The van der Waals surface area contributed by atoms with Gasteiger partial charge < -0.3 is 4.74 Å². The van der Waals surface area contributed by atoms with Crippen molar-refractivity contribution in [2.75, 3.05) is 7.11 Å². The third-order valence-electron chi connectivity index (χ3n) is 4.06. The SMILES string of the molecule is COc1cccc(SCc2ccccc2)n1.Fc1cccc(SCc2ccccc2)n1. The van der Waals surface area contributed by atoms with Gasteiger partial charge in [-0.2, -0.15) is 4.39 Å². The van der Waals surface area contributed by atoms with E-state index in [1.165, 1.54) is 29.0 Å². The largest absolute Gasteiger partial charge is 0.481 e. The highest BCUT2D eigenvalue weighted by Gasteiger charge is 2.00. The molecule has 0 saturated heterocycles. The Bertz CT molecular complexity index is 1050. The Hall–Kier alpha value is -2.83. The molecule has 158 valence electrons. The number of benzene rings is 2. The molecule has 0 N–H and O–H groups in total. The summed E-state index contributed by atoms with van der Waals surface area (Å²) in [6.07, 6.45) is 0. The minimum Gasteiger partial charge on any atom is -0.481 e. The van der Waals surface area contributed by atoms with Gasteiger partial charge in [0.05, 0.1) is 12.1 Å². The van der Waals surface area contributed by atoms with E-state index in [0.29, 0.717) is 5.88 Å². The number of methoxy groups -OCH3 is 1. The molecule has 31 heavy (non-hydrogen) atoms. The molecule has 0 amide bonds. The number of hydrogen-bond acceptors (Lipinski definition) is 5. The fourth-order valence-corrected chi connectivity index (χ4v) is 4.19. The van der Waals surface area contributed by atoms with Gasteiger partial charge in [-0.25, -0.2) is 9.97 Å². The van der Waals surface area contributed by atoms with Crippen LogP contribution < -0.4 is 4.74 Å². The zero-order chi connectivity index (χ0) is 21.7. The van der Waals surface area contributed by atoms with Gasteiger partial charge in [0.15, 0.2) is 0 Å². The van der Waals surface area contributed by atoms with Crippen LogP contribution in [-0.4, -0.2) is 17.1 Å². The number of nitrogens with zero attached hydrogens (tertiary/aromatic N) is 2. The van der Waals surface area contributed by atoms with Gasteiger partial charge in [-0.3, -0.25) is 0 Å². The monoisotopic (exact) mass is 450 g/mol. The molecule has 4 aromatic rings. The quantitative estimate of drug-likeness (QED) is 0.226. The first-order chi connectivity index (χ1) is 15.2. The number of hydrogen-bond donors (Lipinski definition) is 0. The van der Waals surface area contributed by atoms with Gasteiger partial charge in [0.25, 0.3) is 0 Å². The fraction of sp³-hybridized carbons (Fsp3) is 0.120. The Morgan fingerprint density at radius 1 is 0.645 bits per heavy atom. The van der Waals surface area contributed by atoms with E-state index in [1.54, 1.807) is 24.9 Å². The first kappa shape index (κ1) is 22.8. The Morgan fingerprint density at radius 2 is 1.16 bits per heavy atom. The van der Waals surface area contributed by atoms with Gasteiger partial charge in [0.2, 0.25) is 11.8 Å². The zero-order valence-electron chi connectivity index (χ0n) is 17.1. The van der Waals surface area contributed by atoms with Crippen molar-refractivity contribution in [1.82, 2.24) is 9.97 Å². The van der Waals surface area contributed by atoms with Crippen LogP contribution in [0.3, 0.4) is 0 Å². The standard InChI is InChI=1S/C13H13NOS.C12H10FNS/c1-15-12-8-5-9-13(14-12)16-10-11-6-3-2-4-7-11;13-11-7-4-8-12(14-11)15-9-10-5-2-1-3-6-10/h2-9H,10H2,1H3;1-8H,9H2. The highest BCUT2D eigenvalue weighted by molar-refractivity contribution is 7.98. The molecule has 0 radical (unpaired) electrons. The molecule has 0 aliphatic heterocycles. The van der Waals surface area contributed by atoms with Crippen LogP contribution in [0.2, 0.25) is 0 Å². The number of aromatic nitrogens is 2. The van der Waals surface area contributed by atoms with Crippen molar-refractivity contribution < 1.29 is 9.13 Å². The molecular weight excluding hydrogens is 427 g/mol. The molecule has 2 heterocycles. The average molecular weight is 451 g/mol. The van der Waals surface area contributed by atoms with Crippen molar-refractivity contribution in [3.8, 4) is 5.88 Å². The second-order valence-corrected chi connectivity index (χ2v) is 8.36. The summed E-state index contributed by atoms with van der Waals surface area (Å²) in [4.78, 5) is 8.13. The van der Waals surface area contributed by atoms with E-state index in [2.05, 4.69) is 34.2 Å². The summed E-state index contributed by atoms with van der Waals surface area (Å²) >= 11 is 3.25. The second-order valence-electron chi connectivity index (χ2n) is 6.37. The second kappa shape index (κ2) is 12.8. The van der Waals surface area contributed by atoms with Gasteiger partial charge in [0.1, 0.15) is 5.03 Å². The Balaban J connectivity index is 0.000000176. The normalized spacial score (nSPS) is 10.1. The van der Waals surface area contributed by atoms with Gasteiger partial charge in [0, 0.05) is 17.6 Å². The third kappa shape index (κ3) is 8.44. The minimum absolute atomic E-state index is 0.423. The molecule has 6 heteroatoms. The highest BCUT2D eigenvalue weighted by Crippen LogP contribution is 2.22. The van der Waals surface area contributed by atoms with Crippen molar-refractivity contribution in [1.29, 1.82) is 0 Å². The Morgan fingerprint density at radius 3 is 1.68 bits per heavy atom. The molecule has 0 aliphatic carbocycles. The first-order valence-corrected chi connectivity index (χ1v) is 11.7. The highest BCUT2D eigenvalue weighted by atomic mass is 32.2. The van der Waals surface area contributed by atoms with E-state index in [4.69, 9.17) is 4.74 Å². The van der Waals surface area contributed by atoms with Crippen LogP contribution in [-0.2, 0) is 11.5 Å². The molecule has 3 nitrogen and oxygen atoms in total. The first-order valence-electron chi connectivity index (χ1n) is 9.70. The zero-order valence-corrected chi connectivity index (χ0v) is 18.8. The van der Waals surface area contributed by atoms with Crippen molar-refractivity contribution in [3.63, 3.8) is 0 Å². The van der Waals surface area contributed by atoms with Crippen molar-refractivity contribution in [3.05, 3.63) is 114 Å². The summed E-state index contributed by atoms with van der Waals surface area (Å²) in [5.74, 6) is 1.99. The molecule has 0 fully saturated rings. The lowest BCUT2D eigenvalue weighted by Crippen LogP contribution is -1.88. The molecule has 2 aromatic heterocycles. The minimum atomic E-state index is -0.423.